The van der Waals surface area contributed by atoms with Gasteiger partial charge in [-0.25, -0.2) is 9.13 Å². The number of aliphatic hydroxyl groups excluding tert-OH is 1. The van der Waals surface area contributed by atoms with E-state index in [0.717, 1.165) is 120 Å². The highest BCUT2D eigenvalue weighted by Crippen LogP contribution is 2.45. The van der Waals surface area contributed by atoms with Crippen LogP contribution in [-0.2, 0) is 65.4 Å². The third kappa shape index (κ3) is 69.8. The third-order valence-electron chi connectivity index (χ3n) is 19.0. The van der Waals surface area contributed by atoms with Crippen molar-refractivity contribution in [1.29, 1.82) is 0 Å². The number of carbonyl (C=O) groups is 4. The second-order valence-electron chi connectivity index (χ2n) is 29.9. The number of hydrogen-bond donors (Lipinski definition) is 3. The summed E-state index contributed by atoms with van der Waals surface area (Å²) in [4.78, 5) is 73.0. The van der Waals surface area contributed by atoms with E-state index in [0.29, 0.717) is 25.7 Å². The lowest BCUT2D eigenvalue weighted by Crippen LogP contribution is -2.30. The van der Waals surface area contributed by atoms with Crippen LogP contribution in [0.25, 0.3) is 0 Å². The third-order valence-corrected chi connectivity index (χ3v) is 20.9. The zero-order valence-corrected chi connectivity index (χ0v) is 66.2. The molecule has 98 heavy (non-hydrogen) atoms. The van der Waals surface area contributed by atoms with Crippen molar-refractivity contribution in [3.63, 3.8) is 0 Å². The lowest BCUT2D eigenvalue weighted by Gasteiger charge is -2.21. The number of rotatable bonds is 76. The van der Waals surface area contributed by atoms with Gasteiger partial charge in [-0.1, -0.05) is 351 Å². The van der Waals surface area contributed by atoms with Crippen LogP contribution in [-0.4, -0.2) is 96.7 Å². The van der Waals surface area contributed by atoms with Gasteiger partial charge in [-0.15, -0.1) is 0 Å². The Balaban J connectivity index is 5.26. The van der Waals surface area contributed by atoms with Gasteiger partial charge in [0, 0.05) is 25.7 Å². The summed E-state index contributed by atoms with van der Waals surface area (Å²) in [5.41, 5.74) is 0. The quantitative estimate of drug-likeness (QED) is 0.0222. The largest absolute Gasteiger partial charge is 0.472 e. The van der Waals surface area contributed by atoms with Crippen LogP contribution in [0.1, 0.15) is 402 Å². The Morgan fingerprint density at radius 3 is 0.724 bits per heavy atom. The first kappa shape index (κ1) is 96.1. The van der Waals surface area contributed by atoms with Gasteiger partial charge in [0.15, 0.2) is 12.2 Å². The minimum atomic E-state index is -4.96. The first-order valence-corrected chi connectivity index (χ1v) is 43.8. The summed E-state index contributed by atoms with van der Waals surface area (Å²) in [6.07, 6.45) is 54.0. The Morgan fingerprint density at radius 2 is 0.490 bits per heavy atom. The van der Waals surface area contributed by atoms with E-state index in [-0.39, 0.29) is 25.7 Å². The number of unbranched alkanes of at least 4 members (excludes halogenated alkanes) is 40. The van der Waals surface area contributed by atoms with Crippen LogP contribution >= 0.6 is 15.6 Å². The van der Waals surface area contributed by atoms with E-state index < -0.39 is 97.5 Å². The molecular formula is C79H154O17P2. The normalized spacial score (nSPS) is 14.6. The lowest BCUT2D eigenvalue weighted by atomic mass is 9.99. The first-order chi connectivity index (χ1) is 47.2. The predicted octanol–water partition coefficient (Wildman–Crippen LogP) is 23.2. The first-order valence-electron chi connectivity index (χ1n) is 40.8. The number of hydrogen-bond acceptors (Lipinski definition) is 15. The molecule has 0 aliphatic heterocycles. The van der Waals surface area contributed by atoms with Crippen molar-refractivity contribution in [2.75, 3.05) is 39.6 Å². The molecule has 0 saturated heterocycles. The number of ether oxygens (including phenoxy) is 4. The summed E-state index contributed by atoms with van der Waals surface area (Å²) in [6, 6.07) is 0. The lowest BCUT2D eigenvalue weighted by molar-refractivity contribution is -0.161. The average Bonchev–Trinajstić information content (AvgIpc) is 0.939. The second-order valence-corrected chi connectivity index (χ2v) is 32.8. The molecule has 582 valence electrons. The smallest absolute Gasteiger partial charge is 0.462 e. The van der Waals surface area contributed by atoms with E-state index in [9.17, 15) is 43.2 Å². The Labute approximate surface area is 600 Å². The molecule has 0 aromatic rings. The zero-order chi connectivity index (χ0) is 72.4. The van der Waals surface area contributed by atoms with Crippen molar-refractivity contribution in [2.45, 2.75) is 420 Å². The van der Waals surface area contributed by atoms with Crippen molar-refractivity contribution >= 4 is 39.5 Å². The molecule has 0 heterocycles. The fourth-order valence-electron chi connectivity index (χ4n) is 12.0. The van der Waals surface area contributed by atoms with Crippen molar-refractivity contribution in [3.8, 4) is 0 Å². The zero-order valence-electron chi connectivity index (χ0n) is 64.4. The topological polar surface area (TPSA) is 237 Å². The summed E-state index contributed by atoms with van der Waals surface area (Å²) in [5.74, 6) is 1.01. The van der Waals surface area contributed by atoms with Crippen LogP contribution in [0, 0.1) is 23.7 Å². The molecule has 17 nitrogen and oxygen atoms in total. The van der Waals surface area contributed by atoms with Crippen LogP contribution in [0.2, 0.25) is 0 Å². The Bertz CT molecular complexity index is 1920. The summed E-state index contributed by atoms with van der Waals surface area (Å²) in [5, 5.41) is 10.6. The van der Waals surface area contributed by atoms with Crippen LogP contribution in [0.15, 0.2) is 0 Å². The van der Waals surface area contributed by atoms with Gasteiger partial charge in [0.25, 0.3) is 0 Å². The maximum atomic E-state index is 13.1. The molecule has 0 bridgehead atoms. The minimum Gasteiger partial charge on any atom is -0.462 e. The number of phosphoric ester groups is 2. The van der Waals surface area contributed by atoms with Crippen molar-refractivity contribution in [3.05, 3.63) is 0 Å². The molecule has 0 saturated carbocycles. The van der Waals surface area contributed by atoms with Crippen LogP contribution in [0.4, 0.5) is 0 Å². The second kappa shape index (κ2) is 68.2. The Kier molecular flexibility index (Phi) is 66.8. The molecule has 19 heteroatoms. The highest BCUT2D eigenvalue weighted by Gasteiger charge is 2.30. The van der Waals surface area contributed by atoms with E-state index in [2.05, 4.69) is 55.4 Å². The van der Waals surface area contributed by atoms with Gasteiger partial charge < -0.3 is 33.8 Å². The van der Waals surface area contributed by atoms with Crippen molar-refractivity contribution in [2.24, 2.45) is 23.7 Å². The van der Waals surface area contributed by atoms with Gasteiger partial charge in [0.1, 0.15) is 19.3 Å². The average molecular weight is 1440 g/mol. The fourth-order valence-corrected chi connectivity index (χ4v) is 13.6. The highest BCUT2D eigenvalue weighted by atomic mass is 31.2. The predicted molar refractivity (Wildman–Crippen MR) is 400 cm³/mol. The van der Waals surface area contributed by atoms with Crippen LogP contribution in [0.3, 0.4) is 0 Å². The summed E-state index contributed by atoms with van der Waals surface area (Å²) >= 11 is 0. The van der Waals surface area contributed by atoms with Gasteiger partial charge in [-0.3, -0.25) is 37.3 Å². The van der Waals surface area contributed by atoms with Gasteiger partial charge >= 0.3 is 39.5 Å². The number of carbonyl (C=O) groups excluding carboxylic acids is 4. The van der Waals surface area contributed by atoms with Gasteiger partial charge in [0.2, 0.25) is 0 Å². The highest BCUT2D eigenvalue weighted by molar-refractivity contribution is 7.47. The monoisotopic (exact) mass is 1440 g/mol. The van der Waals surface area contributed by atoms with Crippen molar-refractivity contribution in [1.82, 2.24) is 0 Å². The molecule has 3 N–H and O–H groups in total. The molecule has 0 aromatic carbocycles. The maximum absolute atomic E-state index is 13.1. The van der Waals surface area contributed by atoms with E-state index in [1.54, 1.807) is 0 Å². The molecule has 0 fully saturated rings. The summed E-state index contributed by atoms with van der Waals surface area (Å²) < 4.78 is 68.7. The van der Waals surface area contributed by atoms with E-state index in [1.807, 2.05) is 0 Å². The number of esters is 4. The molecule has 7 atom stereocenters. The molecular weight excluding hydrogens is 1280 g/mol. The molecule has 0 aliphatic carbocycles. The number of phosphoric acid groups is 2. The van der Waals surface area contributed by atoms with E-state index >= 15 is 0 Å². The number of aliphatic hydroxyl groups is 1. The fraction of sp³-hybridized carbons (Fsp3) is 0.949. The van der Waals surface area contributed by atoms with Gasteiger partial charge in [0.05, 0.1) is 26.4 Å². The SMILES string of the molecule is CCC(C)CCCCCCCCCCCCC(=O)OC[C@H](COP(=O)(O)OC[C@@H](O)COP(=O)(O)OC[C@@H](COC(=O)CCCCCCCCC(C)CC)OC(=O)CCCCCCCCCCCCCCCCC(C)C)OC(=O)CCCCCCCCCCCCCCCCC(C)C. The minimum absolute atomic E-state index is 0.106. The molecule has 4 unspecified atom stereocenters. The van der Waals surface area contributed by atoms with E-state index in [1.165, 1.54) is 199 Å². The Hall–Kier alpha value is -1.94. The van der Waals surface area contributed by atoms with E-state index in [4.69, 9.17) is 37.0 Å². The van der Waals surface area contributed by atoms with Gasteiger partial charge in [-0.2, -0.15) is 0 Å². The molecule has 0 aliphatic rings. The molecule has 0 radical (unpaired) electrons. The summed E-state index contributed by atoms with van der Waals surface area (Å²) in [6.45, 7) is 14.3. The molecule has 0 spiro atoms. The standard InChI is InChI=1S/C79H154O17P2/c1-9-71(7)57-49-41-33-27-23-24-28-34-43-51-59-76(81)89-65-74(95-78(83)61-53-45-35-29-21-17-13-11-15-19-25-31-39-47-55-69(3)4)67-93-97(85,86)91-63-73(80)64-92-98(87,88)94-68-75(66-90-77(82)60-52-44-38-37-42-50-58-72(8)10-2)96-79(84)62-54-46-36-30-22-18-14-12-16-20-26-32-40-48-56-70(5)6/h69-75,80H,9-68H2,1-8H3,(H,85,86)(H,87,88)/t71?,72?,73-,74-,75-/m1/s1. The van der Waals surface area contributed by atoms with Crippen LogP contribution < -0.4 is 0 Å². The maximum Gasteiger partial charge on any atom is 0.472 e. The summed E-state index contributed by atoms with van der Waals surface area (Å²) in [7, 11) is -9.92. The van der Waals surface area contributed by atoms with Gasteiger partial charge in [-0.05, 0) is 49.4 Å². The molecule has 0 rings (SSSR count). The van der Waals surface area contributed by atoms with Crippen LogP contribution in [0.5, 0.6) is 0 Å². The van der Waals surface area contributed by atoms with Crippen molar-refractivity contribution < 1.29 is 80.2 Å². The molecule has 0 aromatic heterocycles. The molecule has 0 amide bonds. The Morgan fingerprint density at radius 1 is 0.286 bits per heavy atom.